The molecule has 3 aromatic rings. The summed E-state index contributed by atoms with van der Waals surface area (Å²) in [6, 6.07) is 10.3. The minimum atomic E-state index is -4.71. The third-order valence-corrected chi connectivity index (χ3v) is 6.95. The first-order chi connectivity index (χ1) is 19.5. The average Bonchev–Trinajstić information content (AvgIpc) is 3.53. The summed E-state index contributed by atoms with van der Waals surface area (Å²) in [5.41, 5.74) is 0.403. The lowest BCUT2D eigenvalue weighted by molar-refractivity contribution is -0.141. The second-order valence-corrected chi connectivity index (χ2v) is 9.35. The fraction of sp³-hybridized carbons (Fsp3) is 0.346. The molecular weight excluding hydrogens is 487 g/mol. The molecule has 0 spiro atoms. The van der Waals surface area contributed by atoms with Gasteiger partial charge < -0.3 is 9.80 Å². The SMILES string of the molecule is [2H]C([2H])([2H])N(C/C=C/C(=O)N1Cc2sc(C#N)cc2C(c2ccccc2-c2cn(CC)nc2C(F)(F)F)C1)C([2H])([2H])[2H]. The van der Waals surface area contributed by atoms with Gasteiger partial charge in [0.1, 0.15) is 10.9 Å². The lowest BCUT2D eigenvalue weighted by Gasteiger charge is -2.33. The highest BCUT2D eigenvalue weighted by Crippen LogP contribution is 2.44. The number of rotatable bonds is 6. The van der Waals surface area contributed by atoms with Crippen LogP contribution in [0.1, 0.15) is 47.6 Å². The zero-order valence-corrected chi connectivity index (χ0v) is 20.0. The van der Waals surface area contributed by atoms with E-state index >= 15 is 0 Å². The molecule has 10 heteroatoms. The molecule has 0 fully saturated rings. The van der Waals surface area contributed by atoms with Gasteiger partial charge in [0.15, 0.2) is 5.69 Å². The van der Waals surface area contributed by atoms with E-state index in [9.17, 15) is 23.2 Å². The van der Waals surface area contributed by atoms with Gasteiger partial charge in [0, 0.05) is 56.5 Å². The summed E-state index contributed by atoms with van der Waals surface area (Å²) in [5.74, 6) is -1.13. The summed E-state index contributed by atoms with van der Waals surface area (Å²) in [6.45, 7) is -4.29. The Morgan fingerprint density at radius 1 is 1.33 bits per heavy atom. The maximum atomic E-state index is 14.0. The molecule has 1 aliphatic heterocycles. The maximum absolute atomic E-state index is 14.0. The molecule has 1 aromatic carbocycles. The summed E-state index contributed by atoms with van der Waals surface area (Å²) in [5, 5.41) is 13.3. The lowest BCUT2D eigenvalue weighted by Crippen LogP contribution is -2.37. The number of thiophene rings is 1. The standard InChI is InChI=1S/C26H26F3N5OS/c1-4-34-15-22(25(31-34)26(27,28)29)19-9-6-5-8-18(19)21-14-33(24(35)10-7-11-32(2)3)16-23-20(21)12-17(13-30)36-23/h5-10,12,15,21H,4,11,14,16H2,1-3H3/b10-7+/i2D3,3D3. The van der Waals surface area contributed by atoms with Gasteiger partial charge in [-0.25, -0.2) is 0 Å². The van der Waals surface area contributed by atoms with E-state index in [4.69, 9.17) is 8.22 Å². The summed E-state index contributed by atoms with van der Waals surface area (Å²) in [7, 11) is 0. The average molecular weight is 520 g/mol. The van der Waals surface area contributed by atoms with Gasteiger partial charge in [-0.3, -0.25) is 9.48 Å². The Morgan fingerprint density at radius 3 is 2.81 bits per heavy atom. The number of nitriles is 1. The highest BCUT2D eigenvalue weighted by Gasteiger charge is 2.39. The molecule has 1 atom stereocenters. The smallest absolute Gasteiger partial charge is 0.333 e. The van der Waals surface area contributed by atoms with Crippen LogP contribution in [0.5, 0.6) is 0 Å². The molecule has 0 saturated heterocycles. The summed E-state index contributed by atoms with van der Waals surface area (Å²) in [4.78, 5) is 16.1. The van der Waals surface area contributed by atoms with Gasteiger partial charge in [-0.15, -0.1) is 11.3 Å². The molecule has 1 unspecified atom stereocenters. The second kappa shape index (κ2) is 10.3. The molecule has 6 nitrogen and oxygen atoms in total. The first-order valence-electron chi connectivity index (χ1n) is 14.0. The molecule has 0 radical (unpaired) electrons. The van der Waals surface area contributed by atoms with Gasteiger partial charge in [-0.1, -0.05) is 30.3 Å². The Labute approximate surface area is 220 Å². The summed E-state index contributed by atoms with van der Waals surface area (Å²) >= 11 is 1.17. The molecule has 3 heterocycles. The molecule has 36 heavy (non-hydrogen) atoms. The predicted molar refractivity (Wildman–Crippen MR) is 132 cm³/mol. The van der Waals surface area contributed by atoms with Crippen molar-refractivity contribution in [2.45, 2.75) is 32.1 Å². The van der Waals surface area contributed by atoms with Crippen LogP contribution in [0.2, 0.25) is 0 Å². The van der Waals surface area contributed by atoms with Gasteiger partial charge in [0.25, 0.3) is 0 Å². The van der Waals surface area contributed by atoms with Crippen LogP contribution in [-0.2, 0) is 24.1 Å². The molecule has 1 amide bonds. The Kier molecular flexibility index (Phi) is 5.37. The Balaban J connectivity index is 1.73. The number of hydrogen-bond acceptors (Lipinski definition) is 5. The Hall–Kier alpha value is -3.42. The quantitative estimate of drug-likeness (QED) is 0.425. The number of fused-ring (bicyclic) bond motifs is 1. The van der Waals surface area contributed by atoms with Crippen LogP contribution >= 0.6 is 11.3 Å². The topological polar surface area (TPSA) is 65.2 Å². The van der Waals surface area contributed by atoms with Crippen molar-refractivity contribution in [3.05, 3.63) is 75.3 Å². The van der Waals surface area contributed by atoms with E-state index in [-0.39, 0.29) is 25.2 Å². The largest absolute Gasteiger partial charge is 0.435 e. The molecule has 1 aliphatic rings. The number of alkyl halides is 3. The van der Waals surface area contributed by atoms with E-state index in [2.05, 4.69) is 11.2 Å². The maximum Gasteiger partial charge on any atom is 0.435 e. The molecule has 0 saturated carbocycles. The van der Waals surface area contributed by atoms with E-state index < -0.39 is 44.2 Å². The molecule has 188 valence electrons. The number of carbonyl (C=O) groups excluding carboxylic acids is 1. The van der Waals surface area contributed by atoms with Gasteiger partial charge in [0.2, 0.25) is 5.91 Å². The van der Waals surface area contributed by atoms with E-state index in [0.29, 0.717) is 25.8 Å². The monoisotopic (exact) mass is 519 g/mol. The van der Waals surface area contributed by atoms with E-state index in [1.54, 1.807) is 37.3 Å². The van der Waals surface area contributed by atoms with Crippen LogP contribution in [0.3, 0.4) is 0 Å². The number of amides is 1. The summed E-state index contributed by atoms with van der Waals surface area (Å²) in [6.07, 6.45) is -1.12. The van der Waals surface area contributed by atoms with Crippen molar-refractivity contribution in [3.8, 4) is 17.2 Å². The number of halogens is 3. The van der Waals surface area contributed by atoms with E-state index in [1.165, 1.54) is 27.1 Å². The van der Waals surface area contributed by atoms with Gasteiger partial charge >= 0.3 is 6.18 Å². The van der Waals surface area contributed by atoms with Crippen LogP contribution in [-0.4, -0.2) is 52.5 Å². The number of aromatic nitrogens is 2. The van der Waals surface area contributed by atoms with Crippen molar-refractivity contribution >= 4 is 17.2 Å². The first-order valence-corrected chi connectivity index (χ1v) is 11.9. The van der Waals surface area contributed by atoms with E-state index in [0.717, 1.165) is 17.7 Å². The lowest BCUT2D eigenvalue weighted by atomic mass is 9.83. The number of nitrogens with zero attached hydrogens (tertiary/aromatic N) is 5. The van der Waals surface area contributed by atoms with Crippen molar-refractivity contribution in [2.75, 3.05) is 27.0 Å². The molecule has 4 rings (SSSR count). The van der Waals surface area contributed by atoms with Crippen molar-refractivity contribution in [2.24, 2.45) is 0 Å². The van der Waals surface area contributed by atoms with Crippen LogP contribution in [0.4, 0.5) is 13.2 Å². The number of hydrogen-bond donors (Lipinski definition) is 0. The third-order valence-electron chi connectivity index (χ3n) is 5.91. The molecular formula is C26H26F3N5OS. The number of benzene rings is 1. The highest BCUT2D eigenvalue weighted by molar-refractivity contribution is 7.12. The number of aryl methyl sites for hydroxylation is 1. The van der Waals surface area contributed by atoms with Crippen LogP contribution in [0, 0.1) is 11.3 Å². The molecule has 0 N–H and O–H groups in total. The molecule has 0 aliphatic carbocycles. The van der Waals surface area contributed by atoms with Crippen LogP contribution in [0.15, 0.2) is 48.7 Å². The minimum absolute atomic E-state index is 0.0559. The normalized spacial score (nSPS) is 19.1. The van der Waals surface area contributed by atoms with Crippen molar-refractivity contribution in [1.82, 2.24) is 19.6 Å². The molecule has 2 aromatic heterocycles. The van der Waals surface area contributed by atoms with E-state index in [1.807, 2.05) is 0 Å². The zero-order valence-electron chi connectivity index (χ0n) is 25.2. The van der Waals surface area contributed by atoms with Gasteiger partial charge in [-0.05, 0) is 43.6 Å². The van der Waals surface area contributed by atoms with Crippen molar-refractivity contribution in [1.29, 1.82) is 5.26 Å². The minimum Gasteiger partial charge on any atom is -0.333 e. The van der Waals surface area contributed by atoms with Crippen LogP contribution in [0.25, 0.3) is 11.1 Å². The predicted octanol–water partition coefficient (Wildman–Crippen LogP) is 5.11. The zero-order chi connectivity index (χ0) is 31.0. The van der Waals surface area contributed by atoms with Crippen LogP contribution < -0.4 is 0 Å². The second-order valence-electron chi connectivity index (χ2n) is 8.22. The number of carbonyl (C=O) groups is 1. The number of likely N-dealkylation sites (N-methyl/N-ethyl adjacent to an activating group) is 1. The van der Waals surface area contributed by atoms with Crippen molar-refractivity contribution < 1.29 is 26.2 Å². The third kappa shape index (κ3) is 5.22. The van der Waals surface area contributed by atoms with Gasteiger partial charge in [0.05, 0.1) is 6.54 Å². The fourth-order valence-corrected chi connectivity index (χ4v) is 5.34. The highest BCUT2D eigenvalue weighted by atomic mass is 32.1. The molecule has 0 bridgehead atoms. The Morgan fingerprint density at radius 2 is 2.11 bits per heavy atom. The summed E-state index contributed by atoms with van der Waals surface area (Å²) < 4.78 is 88.0. The first kappa shape index (κ1) is 18.8. The van der Waals surface area contributed by atoms with Crippen molar-refractivity contribution in [3.63, 3.8) is 0 Å². The Bertz CT molecular complexity index is 1520. The van der Waals surface area contributed by atoms with Gasteiger partial charge in [-0.2, -0.15) is 23.5 Å². The fourth-order valence-electron chi connectivity index (χ4n) is 4.31.